The van der Waals surface area contributed by atoms with Crippen molar-refractivity contribution in [1.29, 1.82) is 0 Å². The lowest BCUT2D eigenvalue weighted by Crippen LogP contribution is -2.31. The van der Waals surface area contributed by atoms with E-state index in [0.29, 0.717) is 12.1 Å². The van der Waals surface area contributed by atoms with Crippen LogP contribution in [-0.4, -0.2) is 37.3 Å². The molecule has 1 atom stereocenters. The fraction of sp³-hybridized carbons (Fsp3) is 0.333. The van der Waals surface area contributed by atoms with Crippen LogP contribution >= 0.6 is 0 Å². The van der Waals surface area contributed by atoms with Gasteiger partial charge >= 0.3 is 0 Å². The fourth-order valence-electron chi connectivity index (χ4n) is 2.59. The normalized spacial score (nSPS) is 16.6. The van der Waals surface area contributed by atoms with E-state index in [4.69, 9.17) is 9.47 Å². The third-order valence-electron chi connectivity index (χ3n) is 3.89. The van der Waals surface area contributed by atoms with Crippen LogP contribution in [0.15, 0.2) is 42.7 Å². The molecule has 1 aliphatic heterocycles. The van der Waals surface area contributed by atoms with Crippen LogP contribution in [-0.2, 0) is 4.74 Å². The minimum atomic E-state index is -0.142. The van der Waals surface area contributed by atoms with Gasteiger partial charge in [0.15, 0.2) is 0 Å². The largest absolute Gasteiger partial charge is 0.497 e. The summed E-state index contributed by atoms with van der Waals surface area (Å²) < 4.78 is 10.6. The summed E-state index contributed by atoms with van der Waals surface area (Å²) >= 11 is 0. The molecule has 1 aromatic heterocycles. The van der Waals surface area contributed by atoms with Crippen LogP contribution in [0.2, 0.25) is 0 Å². The van der Waals surface area contributed by atoms with Gasteiger partial charge in [-0.15, -0.1) is 0 Å². The number of rotatable bonds is 6. The second kappa shape index (κ2) is 7.79. The molecule has 6 nitrogen and oxygen atoms in total. The minimum absolute atomic E-state index is 0.127. The molecule has 0 bridgehead atoms. The molecule has 2 aromatic rings. The summed E-state index contributed by atoms with van der Waals surface area (Å²) in [6, 6.07) is 9.33. The number of amides is 1. The van der Waals surface area contributed by atoms with Gasteiger partial charge in [0, 0.05) is 25.0 Å². The van der Waals surface area contributed by atoms with Gasteiger partial charge in [0.05, 0.1) is 30.7 Å². The van der Waals surface area contributed by atoms with Gasteiger partial charge in [0.1, 0.15) is 5.75 Å². The molecule has 2 N–H and O–H groups in total. The van der Waals surface area contributed by atoms with Crippen molar-refractivity contribution in [2.24, 2.45) is 0 Å². The van der Waals surface area contributed by atoms with E-state index < -0.39 is 0 Å². The van der Waals surface area contributed by atoms with Gasteiger partial charge in [-0.05, 0) is 43.2 Å². The van der Waals surface area contributed by atoms with Crippen molar-refractivity contribution in [3.63, 3.8) is 0 Å². The zero-order chi connectivity index (χ0) is 16.8. The highest BCUT2D eigenvalue weighted by Gasteiger charge is 2.16. The highest BCUT2D eigenvalue weighted by Crippen LogP contribution is 2.20. The molecule has 1 aromatic carbocycles. The van der Waals surface area contributed by atoms with Crippen LogP contribution in [0.25, 0.3) is 0 Å². The Morgan fingerprint density at radius 1 is 1.29 bits per heavy atom. The number of ether oxygens (including phenoxy) is 2. The molecule has 1 amide bonds. The minimum Gasteiger partial charge on any atom is -0.497 e. The predicted octanol–water partition coefficient (Wildman–Crippen LogP) is 2.74. The Labute approximate surface area is 141 Å². The number of hydrogen-bond donors (Lipinski definition) is 2. The average Bonchev–Trinajstić information content (AvgIpc) is 3.14. The van der Waals surface area contributed by atoms with Gasteiger partial charge in [-0.25, -0.2) is 0 Å². The molecule has 126 valence electrons. The third-order valence-corrected chi connectivity index (χ3v) is 3.89. The van der Waals surface area contributed by atoms with E-state index >= 15 is 0 Å². The molecule has 0 aliphatic carbocycles. The van der Waals surface area contributed by atoms with Crippen molar-refractivity contribution in [2.75, 3.05) is 25.6 Å². The number of aromatic nitrogens is 1. The van der Waals surface area contributed by atoms with Crippen molar-refractivity contribution >= 4 is 17.3 Å². The maximum absolute atomic E-state index is 12.2. The topological polar surface area (TPSA) is 72.5 Å². The molecule has 3 rings (SSSR count). The van der Waals surface area contributed by atoms with Gasteiger partial charge in [0.2, 0.25) is 0 Å². The van der Waals surface area contributed by atoms with E-state index in [9.17, 15) is 4.79 Å². The maximum atomic E-state index is 12.2. The van der Waals surface area contributed by atoms with Crippen LogP contribution in [0.4, 0.5) is 11.4 Å². The van der Waals surface area contributed by atoms with Crippen molar-refractivity contribution in [3.05, 3.63) is 48.3 Å². The van der Waals surface area contributed by atoms with Crippen molar-refractivity contribution < 1.29 is 14.3 Å². The number of hydrogen-bond acceptors (Lipinski definition) is 5. The summed E-state index contributed by atoms with van der Waals surface area (Å²) in [6.07, 6.45) is 5.43. The third kappa shape index (κ3) is 4.23. The zero-order valence-corrected chi connectivity index (χ0v) is 13.6. The Hall–Kier alpha value is -2.60. The average molecular weight is 327 g/mol. The number of nitrogens with one attached hydrogen (secondary N) is 2. The van der Waals surface area contributed by atoms with Crippen LogP contribution in [0.3, 0.4) is 0 Å². The zero-order valence-electron chi connectivity index (χ0n) is 13.6. The van der Waals surface area contributed by atoms with Crippen LogP contribution in [0, 0.1) is 0 Å². The molecule has 1 saturated heterocycles. The first-order valence-corrected chi connectivity index (χ1v) is 8.00. The number of carbonyl (C=O) groups excluding carboxylic acids is 1. The molecule has 6 heteroatoms. The maximum Gasteiger partial charge on any atom is 0.253 e. The lowest BCUT2D eigenvalue weighted by Gasteiger charge is -2.12. The lowest BCUT2D eigenvalue weighted by atomic mass is 10.2. The van der Waals surface area contributed by atoms with Crippen molar-refractivity contribution in [1.82, 2.24) is 10.3 Å². The van der Waals surface area contributed by atoms with Crippen LogP contribution in [0.5, 0.6) is 5.75 Å². The Kier molecular flexibility index (Phi) is 5.28. The van der Waals surface area contributed by atoms with E-state index in [1.165, 1.54) is 0 Å². The quantitative estimate of drug-likeness (QED) is 0.853. The highest BCUT2D eigenvalue weighted by atomic mass is 16.5. The van der Waals surface area contributed by atoms with Gasteiger partial charge in [-0.2, -0.15) is 0 Å². The first kappa shape index (κ1) is 16.3. The molecule has 24 heavy (non-hydrogen) atoms. The summed E-state index contributed by atoms with van der Waals surface area (Å²) in [5, 5.41) is 6.12. The molecule has 1 aliphatic rings. The number of carbonyl (C=O) groups is 1. The summed E-state index contributed by atoms with van der Waals surface area (Å²) in [5.41, 5.74) is 2.17. The van der Waals surface area contributed by atoms with E-state index in [1.54, 1.807) is 25.6 Å². The summed E-state index contributed by atoms with van der Waals surface area (Å²) in [5.74, 6) is 0.650. The second-order valence-electron chi connectivity index (χ2n) is 5.66. The predicted molar refractivity (Wildman–Crippen MR) is 91.8 cm³/mol. The monoisotopic (exact) mass is 327 g/mol. The Balaban J connectivity index is 1.60. The van der Waals surface area contributed by atoms with E-state index in [-0.39, 0.29) is 12.0 Å². The number of anilines is 2. The highest BCUT2D eigenvalue weighted by molar-refractivity contribution is 5.94. The molecule has 0 spiro atoms. The van der Waals surface area contributed by atoms with Gasteiger partial charge in [-0.1, -0.05) is 0 Å². The Morgan fingerprint density at radius 3 is 2.83 bits per heavy atom. The molecule has 1 fully saturated rings. The first-order chi connectivity index (χ1) is 11.7. The molecular formula is C18H21N3O3. The lowest BCUT2D eigenvalue weighted by molar-refractivity contribution is 0.0857. The first-order valence-electron chi connectivity index (χ1n) is 8.00. The molecule has 2 heterocycles. The van der Waals surface area contributed by atoms with Gasteiger partial charge < -0.3 is 20.1 Å². The smallest absolute Gasteiger partial charge is 0.253 e. The Bertz CT molecular complexity index is 682. The number of methoxy groups -OCH3 is 1. The van der Waals surface area contributed by atoms with Crippen molar-refractivity contribution in [3.8, 4) is 5.75 Å². The van der Waals surface area contributed by atoms with Crippen LogP contribution < -0.4 is 15.4 Å². The molecular weight excluding hydrogens is 306 g/mol. The summed E-state index contributed by atoms with van der Waals surface area (Å²) in [7, 11) is 1.63. The fourth-order valence-corrected chi connectivity index (χ4v) is 2.59. The van der Waals surface area contributed by atoms with Crippen molar-refractivity contribution in [2.45, 2.75) is 18.9 Å². The number of benzene rings is 1. The Morgan fingerprint density at radius 2 is 2.12 bits per heavy atom. The van der Waals surface area contributed by atoms with Gasteiger partial charge in [0.25, 0.3) is 5.91 Å². The number of pyridine rings is 1. The summed E-state index contributed by atoms with van der Waals surface area (Å²) in [6.45, 7) is 1.32. The molecule has 0 saturated carbocycles. The number of nitrogens with zero attached hydrogens (tertiary/aromatic N) is 1. The molecule has 1 unspecified atom stereocenters. The van der Waals surface area contributed by atoms with E-state index in [1.807, 2.05) is 24.3 Å². The SMILES string of the molecule is COc1ccc(Nc2cncc(C(=O)NCC3CCCO3)c2)cc1. The molecule has 0 radical (unpaired) electrons. The van der Waals surface area contributed by atoms with E-state index in [2.05, 4.69) is 15.6 Å². The van der Waals surface area contributed by atoms with E-state index in [0.717, 1.165) is 36.6 Å². The second-order valence-corrected chi connectivity index (χ2v) is 5.66. The van der Waals surface area contributed by atoms with Gasteiger partial charge in [-0.3, -0.25) is 9.78 Å². The van der Waals surface area contributed by atoms with Crippen LogP contribution in [0.1, 0.15) is 23.2 Å². The standard InChI is InChI=1S/C18H21N3O3/c1-23-16-6-4-14(5-7-16)21-15-9-13(10-19-11-15)18(22)20-12-17-3-2-8-24-17/h4-7,9-11,17,21H,2-3,8,12H2,1H3,(H,20,22). The summed E-state index contributed by atoms with van der Waals surface area (Å²) in [4.78, 5) is 16.4.